The van der Waals surface area contributed by atoms with Crippen molar-refractivity contribution in [3.63, 3.8) is 0 Å². The fourth-order valence-electron chi connectivity index (χ4n) is 3.89. The molecule has 1 aliphatic rings. The van der Waals surface area contributed by atoms with E-state index in [2.05, 4.69) is 17.6 Å². The molecule has 0 N–H and O–H groups in total. The van der Waals surface area contributed by atoms with Gasteiger partial charge in [-0.1, -0.05) is 44.2 Å². The molecule has 1 unspecified atom stereocenters. The average molecular weight is 396 g/mol. The van der Waals surface area contributed by atoms with E-state index in [0.717, 1.165) is 36.9 Å². The van der Waals surface area contributed by atoms with Crippen LogP contribution in [0.25, 0.3) is 0 Å². The first-order chi connectivity index (χ1) is 14.0. The van der Waals surface area contributed by atoms with Gasteiger partial charge < -0.3 is 14.4 Å². The average Bonchev–Trinajstić information content (AvgIpc) is 3.49. The number of hydrogen-bond acceptors (Lipinski definition) is 2. The summed E-state index contributed by atoms with van der Waals surface area (Å²) in [6, 6.07) is 14.3. The molecule has 1 aromatic heterocycles. The number of rotatable bonds is 10. The maximum Gasteiger partial charge on any atom is 0.242 e. The van der Waals surface area contributed by atoms with Crippen LogP contribution in [0.2, 0.25) is 0 Å². The lowest BCUT2D eigenvalue weighted by molar-refractivity contribution is -0.142. The third-order valence-electron chi connectivity index (χ3n) is 5.73. The highest BCUT2D eigenvalue weighted by molar-refractivity contribution is 5.88. The number of benzene rings is 1. The number of nitrogens with zero attached hydrogens (tertiary/aromatic N) is 3. The molecule has 0 saturated heterocycles. The smallest absolute Gasteiger partial charge is 0.242 e. The summed E-state index contributed by atoms with van der Waals surface area (Å²) in [7, 11) is 2.00. The predicted octanol–water partition coefficient (Wildman–Crippen LogP) is 3.95. The highest BCUT2D eigenvalue weighted by Crippen LogP contribution is 2.29. The van der Waals surface area contributed by atoms with E-state index in [1.165, 1.54) is 0 Å². The van der Waals surface area contributed by atoms with Crippen LogP contribution in [0.4, 0.5) is 0 Å². The van der Waals surface area contributed by atoms with Crippen molar-refractivity contribution in [1.82, 2.24) is 14.4 Å². The standard InChI is InChI=1S/C24H33N3O2/c1-4-15-26(24(29)22(5-2)19-10-7-6-8-11-19)18-23(28)27(20-13-14-20)17-21-12-9-16-25(21)3/h6-12,16,20,22H,4-5,13-15,17-18H2,1-3H3. The zero-order chi connectivity index (χ0) is 20.8. The van der Waals surface area contributed by atoms with Gasteiger partial charge in [-0.3, -0.25) is 9.59 Å². The summed E-state index contributed by atoms with van der Waals surface area (Å²) in [5, 5.41) is 0. The van der Waals surface area contributed by atoms with Gasteiger partial charge in [0.25, 0.3) is 0 Å². The second kappa shape index (κ2) is 9.77. The molecule has 0 spiro atoms. The summed E-state index contributed by atoms with van der Waals surface area (Å²) in [4.78, 5) is 30.3. The Morgan fingerprint density at radius 3 is 2.38 bits per heavy atom. The van der Waals surface area contributed by atoms with Crippen LogP contribution in [0.1, 0.15) is 56.7 Å². The van der Waals surface area contributed by atoms with Crippen LogP contribution in [0, 0.1) is 0 Å². The Kier molecular flexibility index (Phi) is 7.13. The number of aromatic nitrogens is 1. The van der Waals surface area contributed by atoms with E-state index >= 15 is 0 Å². The molecule has 1 fully saturated rings. The Hall–Kier alpha value is -2.56. The predicted molar refractivity (Wildman–Crippen MR) is 115 cm³/mol. The third-order valence-corrected chi connectivity index (χ3v) is 5.73. The summed E-state index contributed by atoms with van der Waals surface area (Å²) in [6.07, 6.45) is 5.68. The van der Waals surface area contributed by atoms with Crippen molar-refractivity contribution in [2.24, 2.45) is 7.05 Å². The molecule has 0 bridgehead atoms. The van der Waals surface area contributed by atoms with Crippen LogP contribution in [-0.4, -0.2) is 45.3 Å². The summed E-state index contributed by atoms with van der Waals surface area (Å²) in [5.41, 5.74) is 2.14. The highest BCUT2D eigenvalue weighted by Gasteiger charge is 2.35. The summed E-state index contributed by atoms with van der Waals surface area (Å²) in [5.74, 6) is -0.0836. The lowest BCUT2D eigenvalue weighted by atomic mass is 9.95. The van der Waals surface area contributed by atoms with Gasteiger partial charge in [0.1, 0.15) is 0 Å². The topological polar surface area (TPSA) is 45.6 Å². The fraction of sp³-hybridized carbons (Fsp3) is 0.500. The molecular weight excluding hydrogens is 362 g/mol. The van der Waals surface area contributed by atoms with Gasteiger partial charge >= 0.3 is 0 Å². The van der Waals surface area contributed by atoms with Gasteiger partial charge in [0.05, 0.1) is 19.0 Å². The second-order valence-corrected chi connectivity index (χ2v) is 7.99. The molecule has 1 aromatic carbocycles. The molecule has 1 saturated carbocycles. The van der Waals surface area contributed by atoms with E-state index in [1.807, 2.05) is 61.5 Å². The highest BCUT2D eigenvalue weighted by atomic mass is 16.2. The van der Waals surface area contributed by atoms with Gasteiger partial charge in [0.2, 0.25) is 11.8 Å². The summed E-state index contributed by atoms with van der Waals surface area (Å²) < 4.78 is 2.06. The number of carbonyl (C=O) groups is 2. The maximum absolute atomic E-state index is 13.3. The fourth-order valence-corrected chi connectivity index (χ4v) is 3.89. The Labute approximate surface area is 174 Å². The van der Waals surface area contributed by atoms with E-state index in [9.17, 15) is 9.59 Å². The van der Waals surface area contributed by atoms with Crippen molar-refractivity contribution in [2.45, 2.75) is 58.0 Å². The number of aryl methyl sites for hydroxylation is 1. The van der Waals surface area contributed by atoms with Crippen molar-refractivity contribution in [3.8, 4) is 0 Å². The van der Waals surface area contributed by atoms with Crippen LogP contribution >= 0.6 is 0 Å². The summed E-state index contributed by atoms with van der Waals surface area (Å²) >= 11 is 0. The van der Waals surface area contributed by atoms with Crippen LogP contribution in [0.15, 0.2) is 48.7 Å². The molecule has 1 aliphatic carbocycles. The van der Waals surface area contributed by atoms with Crippen LogP contribution in [-0.2, 0) is 23.2 Å². The molecule has 29 heavy (non-hydrogen) atoms. The van der Waals surface area contributed by atoms with Crippen LogP contribution < -0.4 is 0 Å². The van der Waals surface area contributed by atoms with Crippen molar-refractivity contribution in [2.75, 3.05) is 13.1 Å². The lowest BCUT2D eigenvalue weighted by Gasteiger charge is -2.30. The van der Waals surface area contributed by atoms with Gasteiger partial charge in [0, 0.05) is 31.5 Å². The van der Waals surface area contributed by atoms with E-state index in [1.54, 1.807) is 4.90 Å². The minimum absolute atomic E-state index is 0.0541. The Morgan fingerprint density at radius 1 is 1.10 bits per heavy atom. The molecule has 1 atom stereocenters. The minimum Gasteiger partial charge on any atom is -0.353 e. The monoisotopic (exact) mass is 395 g/mol. The van der Waals surface area contributed by atoms with E-state index in [4.69, 9.17) is 0 Å². The first kappa shape index (κ1) is 21.2. The summed E-state index contributed by atoms with van der Waals surface area (Å²) in [6.45, 7) is 5.47. The van der Waals surface area contributed by atoms with Crippen molar-refractivity contribution in [3.05, 3.63) is 59.9 Å². The molecule has 156 valence electrons. The normalized spacial score (nSPS) is 14.4. The Morgan fingerprint density at radius 2 is 1.83 bits per heavy atom. The SMILES string of the molecule is CCCN(CC(=O)N(Cc1cccn1C)C1CC1)C(=O)C(CC)c1ccccc1. The molecule has 5 nitrogen and oxygen atoms in total. The van der Waals surface area contributed by atoms with Gasteiger partial charge in [-0.15, -0.1) is 0 Å². The molecule has 2 aromatic rings. The van der Waals surface area contributed by atoms with Crippen molar-refractivity contribution < 1.29 is 9.59 Å². The molecule has 3 rings (SSSR count). The molecular formula is C24H33N3O2. The quantitative estimate of drug-likeness (QED) is 0.611. The first-order valence-corrected chi connectivity index (χ1v) is 10.8. The Bertz CT molecular complexity index is 811. The zero-order valence-corrected chi connectivity index (χ0v) is 17.9. The van der Waals surface area contributed by atoms with Gasteiger partial charge in [0.15, 0.2) is 0 Å². The molecule has 5 heteroatoms. The van der Waals surface area contributed by atoms with Crippen LogP contribution in [0.3, 0.4) is 0 Å². The lowest BCUT2D eigenvalue weighted by Crippen LogP contribution is -2.45. The minimum atomic E-state index is -0.196. The second-order valence-electron chi connectivity index (χ2n) is 7.99. The molecule has 1 heterocycles. The van der Waals surface area contributed by atoms with Crippen molar-refractivity contribution in [1.29, 1.82) is 0 Å². The molecule has 0 radical (unpaired) electrons. The third kappa shape index (κ3) is 5.28. The zero-order valence-electron chi connectivity index (χ0n) is 17.9. The number of amides is 2. The van der Waals surface area contributed by atoms with Gasteiger partial charge in [-0.25, -0.2) is 0 Å². The van der Waals surface area contributed by atoms with Gasteiger partial charge in [-0.2, -0.15) is 0 Å². The van der Waals surface area contributed by atoms with Crippen LogP contribution in [0.5, 0.6) is 0 Å². The number of hydrogen-bond donors (Lipinski definition) is 0. The maximum atomic E-state index is 13.3. The van der Waals surface area contributed by atoms with E-state index < -0.39 is 0 Å². The van der Waals surface area contributed by atoms with E-state index in [0.29, 0.717) is 19.1 Å². The van der Waals surface area contributed by atoms with Crippen molar-refractivity contribution >= 4 is 11.8 Å². The molecule has 2 amide bonds. The number of carbonyl (C=O) groups excluding carboxylic acids is 2. The first-order valence-electron chi connectivity index (χ1n) is 10.8. The largest absolute Gasteiger partial charge is 0.353 e. The Balaban J connectivity index is 1.73. The van der Waals surface area contributed by atoms with Gasteiger partial charge in [-0.05, 0) is 43.4 Å². The molecule has 0 aliphatic heterocycles. The van der Waals surface area contributed by atoms with E-state index in [-0.39, 0.29) is 24.3 Å².